The van der Waals surface area contributed by atoms with Crippen LogP contribution in [0.5, 0.6) is 17.2 Å². The van der Waals surface area contributed by atoms with Gasteiger partial charge in [-0.1, -0.05) is 32.1 Å². The Morgan fingerprint density at radius 2 is 1.38 bits per heavy atom. The predicted molar refractivity (Wildman–Crippen MR) is 433 cm³/mol. The molecule has 0 bridgehead atoms. The number of amides is 6. The average Bonchev–Trinajstić information content (AvgIpc) is 1.59. The van der Waals surface area contributed by atoms with E-state index >= 15 is 0 Å². The number of ether oxygens (including phenoxy) is 5. The standard InChI is InChI=1S/C81H102N8O26S4/c1-80(2)61-47-59(118(105,106)107)24-26-65(61)87(33-7-9-41-116(99,100)101)69(80)28-19-52-13-11-14-53(20-29-70-81(3,4)62-48-60(119(108,109)110)25-27-66(62)88(70)34-8-10-42-117(102,103)104)74(52)115-57-21-16-51(17-22-57)43-64(79(97)98)84-71(90)31-37-113-39-40-114-38-32-82-75(93)55-30-36-86(50-55)72(91)45-56-44-63(85-76(56)94)78(96)89-35-12-15-67(89)73(92)77(95)83-49-54-18-23-58(111-5)46-68(54)112-6/h16-29,46-48,55-56,63-64,67H,7-15,30-45,49-50H2,1-6H3,(H8-,82,83,84,85,90,93,94,95,97,98,99,100,101,102,103,104,105,106,107,108,109,110)/p+1/t55?,56-,63-,64-,67-/m0/s1. The third kappa shape index (κ3) is 23.7. The lowest BCUT2D eigenvalue weighted by atomic mass is 9.81. The van der Waals surface area contributed by atoms with Crippen molar-refractivity contribution in [3.05, 3.63) is 148 Å². The van der Waals surface area contributed by atoms with Crippen LogP contribution in [0.3, 0.4) is 0 Å². The van der Waals surface area contributed by atoms with Crippen molar-refractivity contribution < 1.29 is 124 Å². The van der Waals surface area contributed by atoms with Crippen LogP contribution in [0.25, 0.3) is 0 Å². The maximum atomic E-state index is 13.8. The minimum absolute atomic E-state index is 0.00648. The van der Waals surface area contributed by atoms with Gasteiger partial charge in [0.25, 0.3) is 46.4 Å². The molecule has 3 saturated heterocycles. The zero-order valence-corrected chi connectivity index (χ0v) is 70.3. The Bertz CT molecular complexity index is 5200. The molecular weight excluding hydrogens is 1630 g/mol. The summed E-state index contributed by atoms with van der Waals surface area (Å²) in [7, 11) is -14.9. The van der Waals surface area contributed by atoms with Crippen molar-refractivity contribution >= 4 is 105 Å². The fraction of sp³-hybridized carbons (Fsp3) is 0.494. The van der Waals surface area contributed by atoms with Crippen molar-refractivity contribution in [2.75, 3.05) is 96.3 Å². The van der Waals surface area contributed by atoms with Crippen LogP contribution in [0, 0.1) is 11.8 Å². The molecular formula is C81H103N8O26S4+. The van der Waals surface area contributed by atoms with Gasteiger partial charge in [0, 0.05) is 117 Å². The van der Waals surface area contributed by atoms with E-state index in [1.807, 2.05) is 61.5 Å². The Balaban J connectivity index is 0.715. The number of rotatable bonds is 40. The number of allylic oxidation sites excluding steroid dienone is 7. The number of hydrogen-bond donors (Lipinski definition) is 9. The topological polar surface area (TPSA) is 481 Å². The molecule has 4 aromatic carbocycles. The zero-order valence-electron chi connectivity index (χ0n) is 67.0. The molecule has 1 unspecified atom stereocenters. The largest absolute Gasteiger partial charge is 0.497 e. The highest BCUT2D eigenvalue weighted by atomic mass is 32.2. The van der Waals surface area contributed by atoms with Crippen LogP contribution in [0.1, 0.15) is 133 Å². The van der Waals surface area contributed by atoms with Crippen molar-refractivity contribution in [2.45, 2.75) is 163 Å². The second-order valence-corrected chi connectivity index (χ2v) is 37.1. The molecule has 0 spiro atoms. The Kier molecular flexibility index (Phi) is 30.1. The number of carboxylic acid groups (broad SMARTS) is 1. The first-order chi connectivity index (χ1) is 56.1. The molecule has 1 aliphatic carbocycles. The summed E-state index contributed by atoms with van der Waals surface area (Å²) in [5, 5.41) is 20.9. The Morgan fingerprint density at radius 1 is 0.706 bits per heavy atom. The van der Waals surface area contributed by atoms with Gasteiger partial charge in [-0.15, -0.1) is 0 Å². The van der Waals surface area contributed by atoms with Crippen molar-refractivity contribution in [1.82, 2.24) is 31.1 Å². The molecule has 646 valence electrons. The number of carboxylic acids is 1. The molecule has 10 rings (SSSR count). The minimum atomic E-state index is -4.64. The van der Waals surface area contributed by atoms with Crippen molar-refractivity contribution in [3.8, 4) is 17.2 Å². The minimum Gasteiger partial charge on any atom is -0.497 e. The molecule has 9 N–H and O–H groups in total. The number of hydrogen-bond acceptors (Lipinski definition) is 22. The fourth-order valence-corrected chi connectivity index (χ4v) is 18.0. The van der Waals surface area contributed by atoms with E-state index in [0.717, 1.165) is 0 Å². The van der Waals surface area contributed by atoms with Gasteiger partial charge in [0.05, 0.1) is 73.3 Å². The molecule has 0 saturated carbocycles. The van der Waals surface area contributed by atoms with Crippen LogP contribution in [0.2, 0.25) is 0 Å². The van der Waals surface area contributed by atoms with E-state index in [0.29, 0.717) is 111 Å². The molecule has 5 atom stereocenters. The number of methoxy groups -OCH3 is 2. The lowest BCUT2D eigenvalue weighted by Gasteiger charge is -2.27. The summed E-state index contributed by atoms with van der Waals surface area (Å²) < 4.78 is 167. The lowest BCUT2D eigenvalue weighted by Crippen LogP contribution is -2.51. The molecule has 6 amide bonds. The van der Waals surface area contributed by atoms with E-state index in [-0.39, 0.29) is 152 Å². The van der Waals surface area contributed by atoms with Gasteiger partial charge >= 0.3 is 5.97 Å². The number of likely N-dealkylation sites (tertiary alicyclic amines) is 2. The van der Waals surface area contributed by atoms with Gasteiger partial charge in [-0.05, 0) is 167 Å². The number of fused-ring (bicyclic) bond motifs is 2. The summed E-state index contributed by atoms with van der Waals surface area (Å²) in [4.78, 5) is 110. The molecule has 34 nitrogen and oxygen atoms in total. The summed E-state index contributed by atoms with van der Waals surface area (Å²) in [6.45, 7) is 8.83. The molecule has 5 aliphatic heterocycles. The van der Waals surface area contributed by atoms with Gasteiger partial charge in [-0.2, -0.15) is 38.2 Å². The number of anilines is 1. The van der Waals surface area contributed by atoms with Gasteiger partial charge < -0.3 is 64.8 Å². The number of ketones is 1. The van der Waals surface area contributed by atoms with E-state index < -0.39 is 128 Å². The molecule has 0 aromatic heterocycles. The maximum Gasteiger partial charge on any atom is 0.326 e. The molecule has 6 aliphatic rings. The fourth-order valence-electron chi connectivity index (χ4n) is 15.9. The molecule has 0 radical (unpaired) electrons. The summed E-state index contributed by atoms with van der Waals surface area (Å²) in [6, 6.07) is 16.6. The highest BCUT2D eigenvalue weighted by Gasteiger charge is 2.48. The van der Waals surface area contributed by atoms with Gasteiger partial charge in [0.1, 0.15) is 47.7 Å². The first-order valence-electron chi connectivity index (χ1n) is 39.2. The molecule has 3 fully saturated rings. The van der Waals surface area contributed by atoms with Crippen LogP contribution < -0.4 is 40.4 Å². The Hall–Kier alpha value is -9.77. The molecule has 4 aromatic rings. The quantitative estimate of drug-likeness (QED) is 0.0109. The Labute approximate surface area is 691 Å². The van der Waals surface area contributed by atoms with Crippen molar-refractivity contribution in [2.24, 2.45) is 11.8 Å². The van der Waals surface area contributed by atoms with Gasteiger partial charge in [-0.25, -0.2) is 4.79 Å². The third-order valence-electron chi connectivity index (χ3n) is 22.2. The predicted octanol–water partition coefficient (Wildman–Crippen LogP) is 5.86. The number of aliphatic carboxylic acids is 1. The van der Waals surface area contributed by atoms with Crippen LogP contribution in [-0.2, 0) is 112 Å². The van der Waals surface area contributed by atoms with Crippen LogP contribution in [0.4, 0.5) is 11.4 Å². The van der Waals surface area contributed by atoms with E-state index in [9.17, 15) is 95.3 Å². The number of Topliss-reactive ketones (excluding diaryl/α,β-unsaturated/α-hetero) is 1. The van der Waals surface area contributed by atoms with Crippen molar-refractivity contribution in [3.63, 3.8) is 0 Å². The highest BCUT2D eigenvalue weighted by Crippen LogP contribution is 2.49. The van der Waals surface area contributed by atoms with E-state index in [1.165, 1.54) is 48.3 Å². The van der Waals surface area contributed by atoms with Crippen molar-refractivity contribution in [1.29, 1.82) is 0 Å². The number of nitrogens with one attached hydrogen (secondary N) is 4. The van der Waals surface area contributed by atoms with E-state index in [4.69, 9.17) is 23.7 Å². The number of carbonyl (C=O) groups excluding carboxylic acids is 7. The van der Waals surface area contributed by atoms with Crippen LogP contribution in [0.15, 0.2) is 136 Å². The van der Waals surface area contributed by atoms with Gasteiger partial charge in [0.2, 0.25) is 41.0 Å². The summed E-state index contributed by atoms with van der Waals surface area (Å²) in [5.74, 6) is -5.88. The SMILES string of the molecule is COc1ccc(CNC(=O)C(=O)[C@@H]2CCCN2C(=O)[C@@H]2C[C@@H](CC(=O)N3CCC(C(=O)NCCOCCOCCC(=O)N[C@@H](Cc4ccc(OC5=C(/C=C/C6=[N+](CCCCS(=O)(=O)O)c7ccc(S(=O)(=O)O)cc7C6(C)C)CCC/C5=C\C=C5\N(CCCCS(=O)(=O)O)c6ccc(S(=O)(=O)O)cc6C5(C)C)cc4)C(=O)O)C3)C(=O)N2)c(OC)c1. The highest BCUT2D eigenvalue weighted by molar-refractivity contribution is 7.86. The van der Waals surface area contributed by atoms with E-state index in [2.05, 4.69) is 21.3 Å². The Morgan fingerprint density at radius 3 is 2.05 bits per heavy atom. The summed E-state index contributed by atoms with van der Waals surface area (Å²) >= 11 is 0. The van der Waals surface area contributed by atoms with Crippen LogP contribution >= 0.6 is 0 Å². The maximum absolute atomic E-state index is 13.8. The summed E-state index contributed by atoms with van der Waals surface area (Å²) in [5.41, 5.74) is 4.26. The number of benzene rings is 4. The smallest absolute Gasteiger partial charge is 0.326 e. The first-order valence-corrected chi connectivity index (χ1v) is 45.3. The third-order valence-corrected chi connectivity index (χ3v) is 25.5. The average molecular weight is 1730 g/mol. The van der Waals surface area contributed by atoms with Crippen LogP contribution in [-0.4, -0.2) is 234 Å². The van der Waals surface area contributed by atoms with E-state index in [1.54, 1.807) is 54.6 Å². The van der Waals surface area contributed by atoms with Gasteiger partial charge in [0.15, 0.2) is 5.71 Å². The number of nitrogens with zero attached hydrogens (tertiary/aromatic N) is 4. The summed E-state index contributed by atoms with van der Waals surface area (Å²) in [6.07, 6.45) is 10.3. The lowest BCUT2D eigenvalue weighted by molar-refractivity contribution is -0.438. The second kappa shape index (κ2) is 39.2. The zero-order chi connectivity index (χ0) is 86.5. The number of unbranched alkanes of at least 4 members (excludes halogenated alkanes) is 2. The van der Waals surface area contributed by atoms with Gasteiger partial charge in [-0.3, -0.25) is 51.8 Å². The molecule has 119 heavy (non-hydrogen) atoms. The number of carbonyl (C=O) groups is 8. The monoisotopic (exact) mass is 1730 g/mol. The molecule has 38 heteroatoms. The molecule has 5 heterocycles. The second-order valence-electron chi connectivity index (χ2n) is 31.1. The first kappa shape index (κ1) is 91.5. The normalized spacial score (nSPS) is 20.1.